The molecule has 3 N–H and O–H groups in total. The summed E-state index contributed by atoms with van der Waals surface area (Å²) in [6.45, 7) is 1.70. The van der Waals surface area contributed by atoms with Crippen molar-refractivity contribution in [3.63, 3.8) is 0 Å². The second-order valence-electron chi connectivity index (χ2n) is 5.41. The number of carbonyl (C=O) groups excluding carboxylic acids is 1. The van der Waals surface area contributed by atoms with Crippen LogP contribution in [0.3, 0.4) is 0 Å². The van der Waals surface area contributed by atoms with Crippen LogP contribution in [0.1, 0.15) is 6.92 Å². The van der Waals surface area contributed by atoms with E-state index in [1.807, 2.05) is 6.26 Å². The molecule has 2 rings (SSSR count). The highest BCUT2D eigenvalue weighted by atomic mass is 32.2. The maximum atomic E-state index is 13.8. The zero-order valence-corrected chi connectivity index (χ0v) is 13.7. The second-order valence-corrected chi connectivity index (χ2v) is 6.28. The molecule has 0 radical (unpaired) electrons. The summed E-state index contributed by atoms with van der Waals surface area (Å²) in [7, 11) is 0. The first-order valence-electron chi connectivity index (χ1n) is 7.01. The fraction of sp³-hybridized carbons (Fsp3) is 0.312. The smallest absolute Gasteiger partial charge is 0.319 e. The summed E-state index contributed by atoms with van der Waals surface area (Å²) in [4.78, 5) is 11.9. The minimum atomic E-state index is -1.02. The summed E-state index contributed by atoms with van der Waals surface area (Å²) in [6, 6.07) is 7.22. The minimum absolute atomic E-state index is 0.0425. The first-order chi connectivity index (χ1) is 10.9. The number of furan rings is 1. The quantitative estimate of drug-likeness (QED) is 0.755. The Balaban J connectivity index is 2.02. The lowest BCUT2D eigenvalue weighted by atomic mass is 10.1. The molecule has 1 atom stereocenters. The van der Waals surface area contributed by atoms with Crippen molar-refractivity contribution in [2.75, 3.05) is 23.9 Å². The number of aliphatic hydroxyl groups is 1. The number of thioether (sulfide) groups is 1. The molecule has 0 aliphatic heterocycles. The fourth-order valence-corrected chi connectivity index (χ4v) is 2.74. The van der Waals surface area contributed by atoms with Gasteiger partial charge >= 0.3 is 6.03 Å². The van der Waals surface area contributed by atoms with Crippen molar-refractivity contribution in [1.29, 1.82) is 0 Å². The van der Waals surface area contributed by atoms with Crippen molar-refractivity contribution in [2.24, 2.45) is 0 Å². The molecule has 5 nitrogen and oxygen atoms in total. The molecule has 0 saturated carbocycles. The lowest BCUT2D eigenvalue weighted by molar-refractivity contribution is 0.0876. The predicted molar refractivity (Wildman–Crippen MR) is 90.1 cm³/mol. The average molecular weight is 338 g/mol. The van der Waals surface area contributed by atoms with E-state index in [-0.39, 0.29) is 12.2 Å². The predicted octanol–water partition coefficient (Wildman–Crippen LogP) is 3.32. The number of anilines is 1. The summed E-state index contributed by atoms with van der Waals surface area (Å²) in [6.07, 6.45) is 3.39. The third kappa shape index (κ3) is 5.01. The van der Waals surface area contributed by atoms with Gasteiger partial charge in [-0.25, -0.2) is 9.18 Å². The highest BCUT2D eigenvalue weighted by molar-refractivity contribution is 7.98. The summed E-state index contributed by atoms with van der Waals surface area (Å²) >= 11 is 1.47. The van der Waals surface area contributed by atoms with Crippen molar-refractivity contribution in [3.8, 4) is 11.3 Å². The van der Waals surface area contributed by atoms with Gasteiger partial charge in [-0.1, -0.05) is 0 Å². The second kappa shape index (κ2) is 7.52. The number of carbonyl (C=O) groups is 1. The Morgan fingerprint density at radius 2 is 2.22 bits per heavy atom. The number of urea groups is 1. The Bertz CT molecular complexity index is 659. The van der Waals surface area contributed by atoms with Crippen LogP contribution >= 0.6 is 11.8 Å². The van der Waals surface area contributed by atoms with Crippen LogP contribution in [0.5, 0.6) is 0 Å². The Morgan fingerprint density at radius 3 is 2.87 bits per heavy atom. The van der Waals surface area contributed by atoms with E-state index in [4.69, 9.17) is 4.42 Å². The van der Waals surface area contributed by atoms with Crippen LogP contribution in [0.25, 0.3) is 11.3 Å². The van der Waals surface area contributed by atoms with E-state index in [1.54, 1.807) is 25.1 Å². The van der Waals surface area contributed by atoms with Gasteiger partial charge in [-0.2, -0.15) is 11.8 Å². The van der Waals surface area contributed by atoms with Gasteiger partial charge in [0.05, 0.1) is 17.6 Å². The van der Waals surface area contributed by atoms with E-state index in [9.17, 15) is 14.3 Å². The SMILES string of the molecule is CSCC(C)(O)CNC(=O)Nc1cc(-c2ccco2)ccc1F. The Morgan fingerprint density at radius 1 is 1.43 bits per heavy atom. The molecule has 124 valence electrons. The monoisotopic (exact) mass is 338 g/mol. The minimum Gasteiger partial charge on any atom is -0.464 e. The largest absolute Gasteiger partial charge is 0.464 e. The topological polar surface area (TPSA) is 74.5 Å². The number of halogens is 1. The van der Waals surface area contributed by atoms with Gasteiger partial charge in [0.1, 0.15) is 11.6 Å². The third-order valence-electron chi connectivity index (χ3n) is 3.11. The summed E-state index contributed by atoms with van der Waals surface area (Å²) in [5.74, 6) is 0.512. The van der Waals surface area contributed by atoms with E-state index in [2.05, 4.69) is 10.6 Å². The zero-order chi connectivity index (χ0) is 16.9. The number of nitrogens with one attached hydrogen (secondary N) is 2. The highest BCUT2D eigenvalue weighted by Gasteiger charge is 2.20. The van der Waals surface area contributed by atoms with Crippen molar-refractivity contribution in [1.82, 2.24) is 5.32 Å². The molecule has 0 bridgehead atoms. The van der Waals surface area contributed by atoms with Gasteiger partial charge in [0.2, 0.25) is 0 Å². The molecule has 0 aliphatic rings. The van der Waals surface area contributed by atoms with Crippen LogP contribution in [-0.4, -0.2) is 35.3 Å². The van der Waals surface area contributed by atoms with Gasteiger partial charge in [-0.05, 0) is 43.5 Å². The molecule has 7 heteroatoms. The Kier molecular flexibility index (Phi) is 5.68. The Labute approximate surface area is 138 Å². The van der Waals surface area contributed by atoms with Crippen LogP contribution in [0.4, 0.5) is 14.9 Å². The summed E-state index contributed by atoms with van der Waals surface area (Å²) < 4.78 is 19.1. The highest BCUT2D eigenvalue weighted by Crippen LogP contribution is 2.25. The molecule has 1 unspecified atom stereocenters. The summed E-state index contributed by atoms with van der Waals surface area (Å²) in [5.41, 5.74) is -0.326. The van der Waals surface area contributed by atoms with Gasteiger partial charge in [-0.3, -0.25) is 0 Å². The van der Waals surface area contributed by atoms with Gasteiger partial charge < -0.3 is 20.2 Å². The van der Waals surface area contributed by atoms with Gasteiger partial charge in [0.25, 0.3) is 0 Å². The molecule has 0 fully saturated rings. The molecule has 0 saturated heterocycles. The van der Waals surface area contributed by atoms with E-state index >= 15 is 0 Å². The van der Waals surface area contributed by atoms with Crippen molar-refractivity contribution < 1.29 is 18.7 Å². The van der Waals surface area contributed by atoms with E-state index in [0.29, 0.717) is 17.1 Å². The average Bonchev–Trinajstić information content (AvgIpc) is 3.02. The van der Waals surface area contributed by atoms with Crippen LogP contribution in [0.15, 0.2) is 41.0 Å². The molecule has 1 aromatic heterocycles. The molecule has 23 heavy (non-hydrogen) atoms. The van der Waals surface area contributed by atoms with Crippen molar-refractivity contribution >= 4 is 23.5 Å². The van der Waals surface area contributed by atoms with E-state index in [1.165, 1.54) is 30.2 Å². The Hall–Kier alpha value is -1.99. The van der Waals surface area contributed by atoms with Gasteiger partial charge in [0.15, 0.2) is 0 Å². The van der Waals surface area contributed by atoms with Crippen LogP contribution in [0.2, 0.25) is 0 Å². The molecule has 1 heterocycles. The third-order valence-corrected chi connectivity index (χ3v) is 4.02. The van der Waals surface area contributed by atoms with E-state index in [0.717, 1.165) is 0 Å². The molecular weight excluding hydrogens is 319 g/mol. The molecule has 1 aromatic carbocycles. The first kappa shape index (κ1) is 17.4. The fourth-order valence-electron chi connectivity index (χ4n) is 2.02. The molecule has 2 amide bonds. The first-order valence-corrected chi connectivity index (χ1v) is 8.40. The van der Waals surface area contributed by atoms with Crippen molar-refractivity contribution in [2.45, 2.75) is 12.5 Å². The summed E-state index contributed by atoms with van der Waals surface area (Å²) in [5, 5.41) is 15.0. The van der Waals surface area contributed by atoms with Crippen LogP contribution < -0.4 is 10.6 Å². The molecule has 0 aliphatic carbocycles. The van der Waals surface area contributed by atoms with Crippen molar-refractivity contribution in [3.05, 3.63) is 42.4 Å². The molecule has 2 aromatic rings. The number of hydrogen-bond donors (Lipinski definition) is 3. The lowest BCUT2D eigenvalue weighted by Gasteiger charge is -2.22. The number of benzene rings is 1. The normalized spacial score (nSPS) is 13.4. The van der Waals surface area contributed by atoms with E-state index < -0.39 is 17.4 Å². The maximum Gasteiger partial charge on any atom is 0.319 e. The number of hydrogen-bond acceptors (Lipinski definition) is 4. The number of amides is 2. The molecular formula is C16H19FN2O3S. The van der Waals surface area contributed by atoms with Crippen LogP contribution in [-0.2, 0) is 0 Å². The van der Waals surface area contributed by atoms with Gasteiger partial charge in [-0.15, -0.1) is 0 Å². The lowest BCUT2D eigenvalue weighted by Crippen LogP contribution is -2.44. The van der Waals surface area contributed by atoms with Gasteiger partial charge in [0, 0.05) is 17.9 Å². The standard InChI is InChI=1S/C16H19FN2O3S/c1-16(21,10-23-2)9-18-15(20)19-13-8-11(5-6-12(13)17)14-4-3-7-22-14/h3-8,21H,9-10H2,1-2H3,(H2,18,19,20). The maximum absolute atomic E-state index is 13.8. The number of rotatable bonds is 6. The zero-order valence-electron chi connectivity index (χ0n) is 12.9. The molecule has 0 spiro atoms. The van der Waals surface area contributed by atoms with Crippen LogP contribution in [0, 0.1) is 5.82 Å².